The van der Waals surface area contributed by atoms with Gasteiger partial charge in [-0.25, -0.2) is 14.6 Å². The molecule has 1 fully saturated rings. The number of rotatable bonds is 8. The van der Waals surface area contributed by atoms with Crippen LogP contribution in [0.1, 0.15) is 10.5 Å². The third-order valence-electron chi connectivity index (χ3n) is 3.61. The number of thioether (sulfide) groups is 1. The summed E-state index contributed by atoms with van der Waals surface area (Å²) in [5.74, 6) is 0.0194. The van der Waals surface area contributed by atoms with Crippen LogP contribution in [-0.4, -0.2) is 58.6 Å². The van der Waals surface area contributed by atoms with Crippen LogP contribution in [0.5, 0.6) is 5.75 Å². The van der Waals surface area contributed by atoms with Gasteiger partial charge >= 0.3 is 12.1 Å². The van der Waals surface area contributed by atoms with E-state index in [1.165, 1.54) is 28.5 Å². The lowest BCUT2D eigenvalue weighted by Crippen LogP contribution is -2.39. The second kappa shape index (κ2) is 9.01. The molecular formula is C16H14Cl2N2O5S2. The molecule has 11 heteroatoms. The minimum Gasteiger partial charge on any atom is -0.491 e. The molecule has 1 aromatic carbocycles. The Hall–Kier alpha value is -1.68. The Morgan fingerprint density at radius 3 is 2.81 bits per heavy atom. The minimum atomic E-state index is -1.06. The first-order valence-corrected chi connectivity index (χ1v) is 10.4. The summed E-state index contributed by atoms with van der Waals surface area (Å²) < 4.78 is 11.4. The summed E-state index contributed by atoms with van der Waals surface area (Å²) in [5.41, 5.74) is 0.0227. The van der Waals surface area contributed by atoms with E-state index in [0.29, 0.717) is 32.4 Å². The number of benzene rings is 1. The van der Waals surface area contributed by atoms with Crippen molar-refractivity contribution in [2.45, 2.75) is 10.4 Å². The average molecular weight is 449 g/mol. The highest BCUT2D eigenvalue weighted by atomic mass is 35.5. The van der Waals surface area contributed by atoms with Crippen LogP contribution in [0.2, 0.25) is 10.0 Å². The molecule has 1 aliphatic heterocycles. The Balaban J connectivity index is 1.51. The fraction of sp³-hybridized carbons (Fsp3) is 0.312. The highest BCUT2D eigenvalue weighted by molar-refractivity contribution is 8.01. The van der Waals surface area contributed by atoms with Crippen LogP contribution in [0.25, 0.3) is 0 Å². The normalized spacial score (nSPS) is 16.4. The third-order valence-corrected chi connectivity index (χ3v) is 6.05. The number of carboxylic acids is 1. The minimum absolute atomic E-state index is 0.0227. The molecule has 27 heavy (non-hydrogen) atoms. The molecule has 2 aromatic rings. The van der Waals surface area contributed by atoms with Crippen molar-refractivity contribution in [1.29, 1.82) is 0 Å². The number of aromatic carboxylic acids is 1. The number of ether oxygens (including phenoxy) is 2. The molecule has 0 bridgehead atoms. The van der Waals surface area contributed by atoms with Crippen LogP contribution < -0.4 is 4.74 Å². The number of carbonyl (C=O) groups is 2. The Labute approximate surface area is 173 Å². The predicted molar refractivity (Wildman–Crippen MR) is 104 cm³/mol. The molecule has 7 nitrogen and oxygen atoms in total. The quantitative estimate of drug-likeness (QED) is 0.606. The van der Waals surface area contributed by atoms with E-state index in [2.05, 4.69) is 4.98 Å². The van der Waals surface area contributed by atoms with E-state index >= 15 is 0 Å². The van der Waals surface area contributed by atoms with Gasteiger partial charge in [-0.15, -0.1) is 11.3 Å². The molecule has 3 rings (SSSR count). The summed E-state index contributed by atoms with van der Waals surface area (Å²) in [7, 11) is 0. The summed E-state index contributed by atoms with van der Waals surface area (Å²) in [6, 6.07) is 4.67. The monoisotopic (exact) mass is 448 g/mol. The number of hydrogen-bond donors (Lipinski definition) is 1. The number of nitrogens with zero attached hydrogens (tertiary/aromatic N) is 2. The Kier molecular flexibility index (Phi) is 6.69. The molecule has 1 atom stereocenters. The highest BCUT2D eigenvalue weighted by Crippen LogP contribution is 2.26. The smallest absolute Gasteiger partial charge is 0.410 e. The molecular weight excluding hydrogens is 435 g/mol. The molecule has 1 aromatic heterocycles. The van der Waals surface area contributed by atoms with Crippen molar-refractivity contribution in [3.63, 3.8) is 0 Å². The second-order valence-corrected chi connectivity index (χ2v) is 8.57. The summed E-state index contributed by atoms with van der Waals surface area (Å²) >= 11 is 14.5. The van der Waals surface area contributed by atoms with Gasteiger partial charge < -0.3 is 14.6 Å². The molecule has 0 radical (unpaired) electrons. The first-order valence-electron chi connectivity index (χ1n) is 7.76. The van der Waals surface area contributed by atoms with Gasteiger partial charge in [-0.05, 0) is 18.2 Å². The van der Waals surface area contributed by atoms with Crippen molar-refractivity contribution in [2.24, 2.45) is 0 Å². The van der Waals surface area contributed by atoms with Crippen LogP contribution in [0.4, 0.5) is 4.79 Å². The lowest BCUT2D eigenvalue weighted by molar-refractivity contribution is 0.0690. The Morgan fingerprint density at radius 2 is 2.15 bits per heavy atom. The SMILES string of the molecule is O=C(O)c1csc(SCCN2C(=O)OC[C@@H]2COc2cc(Cl)cc(Cl)c2)n1. The van der Waals surface area contributed by atoms with E-state index in [-0.39, 0.29) is 24.9 Å². The molecule has 1 amide bonds. The number of halogens is 2. The number of amides is 1. The third kappa shape index (κ3) is 5.41. The molecule has 0 spiro atoms. The zero-order valence-corrected chi connectivity index (χ0v) is 16.9. The van der Waals surface area contributed by atoms with Crippen molar-refractivity contribution in [3.8, 4) is 5.75 Å². The van der Waals surface area contributed by atoms with E-state index in [4.69, 9.17) is 37.8 Å². The molecule has 0 aliphatic carbocycles. The fourth-order valence-electron chi connectivity index (χ4n) is 2.36. The maximum absolute atomic E-state index is 11.9. The summed E-state index contributed by atoms with van der Waals surface area (Å²) in [5, 5.41) is 11.3. The van der Waals surface area contributed by atoms with Crippen LogP contribution in [0.3, 0.4) is 0 Å². The van der Waals surface area contributed by atoms with Gasteiger partial charge in [0.1, 0.15) is 25.0 Å². The molecule has 144 valence electrons. The zero-order chi connectivity index (χ0) is 19.4. The van der Waals surface area contributed by atoms with Gasteiger partial charge in [0.15, 0.2) is 10.0 Å². The number of thiazole rings is 1. The number of aromatic nitrogens is 1. The first-order chi connectivity index (χ1) is 12.9. The van der Waals surface area contributed by atoms with Crippen LogP contribution in [-0.2, 0) is 4.74 Å². The zero-order valence-electron chi connectivity index (χ0n) is 13.8. The van der Waals surface area contributed by atoms with Gasteiger partial charge in [0, 0.05) is 27.7 Å². The van der Waals surface area contributed by atoms with Crippen LogP contribution in [0.15, 0.2) is 27.9 Å². The number of carboxylic acid groups (broad SMARTS) is 1. The average Bonchev–Trinajstić information content (AvgIpc) is 3.20. The van der Waals surface area contributed by atoms with Crippen LogP contribution >= 0.6 is 46.3 Å². The highest BCUT2D eigenvalue weighted by Gasteiger charge is 2.33. The molecule has 1 aliphatic rings. The molecule has 0 unspecified atom stereocenters. The standard InChI is InChI=1S/C16H14Cl2N2O5S2/c17-9-3-10(18)5-12(4-9)24-6-11-7-25-16(23)20(11)1-2-26-15-19-13(8-27-15)14(21)22/h3-5,8,11H,1-2,6-7H2,(H,21,22)/t11-/m0/s1. The van der Waals surface area contributed by atoms with Crippen molar-refractivity contribution >= 4 is 58.4 Å². The lowest BCUT2D eigenvalue weighted by Gasteiger charge is -2.21. The van der Waals surface area contributed by atoms with E-state index in [1.807, 2.05) is 0 Å². The molecule has 1 N–H and O–H groups in total. The molecule has 0 saturated carbocycles. The van der Waals surface area contributed by atoms with Gasteiger partial charge in [0.2, 0.25) is 0 Å². The molecule has 2 heterocycles. The topological polar surface area (TPSA) is 89.0 Å². The van der Waals surface area contributed by atoms with Gasteiger partial charge in [0.05, 0.1) is 0 Å². The van der Waals surface area contributed by atoms with Gasteiger partial charge in [-0.1, -0.05) is 35.0 Å². The van der Waals surface area contributed by atoms with Crippen molar-refractivity contribution < 1.29 is 24.2 Å². The Morgan fingerprint density at radius 1 is 1.41 bits per heavy atom. The van der Waals surface area contributed by atoms with E-state index in [1.54, 1.807) is 23.1 Å². The van der Waals surface area contributed by atoms with Crippen molar-refractivity contribution in [1.82, 2.24) is 9.88 Å². The number of carbonyl (C=O) groups excluding carboxylic acids is 1. The van der Waals surface area contributed by atoms with Gasteiger partial charge in [0.25, 0.3) is 0 Å². The van der Waals surface area contributed by atoms with Crippen LogP contribution in [0, 0.1) is 0 Å². The number of hydrogen-bond acceptors (Lipinski definition) is 7. The van der Waals surface area contributed by atoms with Gasteiger partial charge in [-0.3, -0.25) is 4.90 Å². The van der Waals surface area contributed by atoms with E-state index < -0.39 is 12.1 Å². The predicted octanol–water partition coefficient (Wildman–Crippen LogP) is 4.14. The van der Waals surface area contributed by atoms with E-state index in [9.17, 15) is 9.59 Å². The van der Waals surface area contributed by atoms with E-state index in [0.717, 1.165) is 0 Å². The van der Waals surface area contributed by atoms with Crippen molar-refractivity contribution in [2.75, 3.05) is 25.5 Å². The van der Waals surface area contributed by atoms with Crippen molar-refractivity contribution in [3.05, 3.63) is 39.3 Å². The first kappa shape index (κ1) is 20.1. The lowest BCUT2D eigenvalue weighted by atomic mass is 10.3. The fourth-order valence-corrected chi connectivity index (χ4v) is 4.67. The summed E-state index contributed by atoms with van der Waals surface area (Å²) in [6.07, 6.45) is -0.404. The largest absolute Gasteiger partial charge is 0.491 e. The Bertz CT molecular complexity index is 828. The maximum Gasteiger partial charge on any atom is 0.410 e. The second-order valence-electron chi connectivity index (χ2n) is 5.49. The summed E-state index contributed by atoms with van der Waals surface area (Å²) in [6.45, 7) is 0.904. The maximum atomic E-state index is 11.9. The molecule has 1 saturated heterocycles. The number of cyclic esters (lactones) is 1. The summed E-state index contributed by atoms with van der Waals surface area (Å²) in [4.78, 5) is 28.4. The van der Waals surface area contributed by atoms with Gasteiger partial charge in [-0.2, -0.15) is 0 Å².